The largest absolute Gasteiger partial charge is 0.378 e. The molecule has 134 valence electrons. The molecule has 2 amide bonds. The molecule has 0 unspecified atom stereocenters. The van der Waals surface area contributed by atoms with Gasteiger partial charge in [0.05, 0.1) is 13.2 Å². The number of aromatic nitrogens is 2. The van der Waals surface area contributed by atoms with Crippen molar-refractivity contribution >= 4 is 17.5 Å². The number of rotatable bonds is 3. The van der Waals surface area contributed by atoms with E-state index in [-0.39, 0.29) is 23.4 Å². The number of nitrogens with zero attached hydrogens (tertiary/aromatic N) is 4. The molecule has 1 aromatic heterocycles. The van der Waals surface area contributed by atoms with Gasteiger partial charge >= 0.3 is 6.03 Å². The minimum absolute atomic E-state index is 0.0995. The summed E-state index contributed by atoms with van der Waals surface area (Å²) < 4.78 is 19.8. The lowest BCUT2D eigenvalue weighted by molar-refractivity contribution is 0.122. The summed E-state index contributed by atoms with van der Waals surface area (Å²) in [7, 11) is 1.52. The van der Waals surface area contributed by atoms with E-state index in [9.17, 15) is 14.4 Å². The van der Waals surface area contributed by atoms with Gasteiger partial charge in [-0.2, -0.15) is 9.65 Å². The van der Waals surface area contributed by atoms with Crippen LogP contribution in [-0.4, -0.2) is 49.4 Å². The predicted octanol–water partition coefficient (Wildman–Crippen LogP) is 1.74. The molecule has 0 radical (unpaired) electrons. The lowest BCUT2D eigenvalue weighted by atomic mass is 10.2. The summed E-state index contributed by atoms with van der Waals surface area (Å²) in [6.45, 7) is 1.93. The molecule has 0 bridgehead atoms. The van der Waals surface area contributed by atoms with Crippen LogP contribution in [0.2, 0.25) is 0 Å². The van der Waals surface area contributed by atoms with E-state index < -0.39 is 5.82 Å². The second kappa shape index (κ2) is 7.76. The van der Waals surface area contributed by atoms with Gasteiger partial charge in [-0.3, -0.25) is 0 Å². The number of hydrogen-bond acceptors (Lipinski definition) is 6. The molecule has 2 N–H and O–H groups in total. The van der Waals surface area contributed by atoms with Crippen molar-refractivity contribution in [1.29, 1.82) is 5.26 Å². The Morgan fingerprint density at radius 3 is 2.58 bits per heavy atom. The third-order valence-electron chi connectivity index (χ3n) is 3.88. The number of ether oxygens (including phenoxy) is 1. The van der Waals surface area contributed by atoms with E-state index >= 15 is 0 Å². The van der Waals surface area contributed by atoms with Crippen molar-refractivity contribution in [3.05, 3.63) is 35.8 Å². The lowest BCUT2D eigenvalue weighted by Gasteiger charge is -2.28. The molecular formula is C17H17FN6O2. The number of amides is 2. The molecule has 0 atom stereocenters. The standard InChI is InChI=1S/C17H17FN6O2/c1-20-17(25)21-12-4-2-11(3-5-12)15-22-13(10-19)14(18)16(23-15)24-6-8-26-9-7-24/h2-5H,6-9H2,1H3,(H2,20,21,25). The van der Waals surface area contributed by atoms with Crippen LogP contribution in [0.5, 0.6) is 0 Å². The highest BCUT2D eigenvalue weighted by Crippen LogP contribution is 2.25. The fourth-order valence-electron chi connectivity index (χ4n) is 2.52. The number of nitriles is 1. The third kappa shape index (κ3) is 3.70. The normalized spacial score (nSPS) is 13.8. The Bertz CT molecular complexity index is 844. The van der Waals surface area contributed by atoms with Crippen LogP contribution in [-0.2, 0) is 4.74 Å². The first-order valence-electron chi connectivity index (χ1n) is 8.02. The van der Waals surface area contributed by atoms with Crippen LogP contribution in [0.3, 0.4) is 0 Å². The van der Waals surface area contributed by atoms with Gasteiger partial charge in [0.2, 0.25) is 5.82 Å². The molecule has 1 aliphatic heterocycles. The summed E-state index contributed by atoms with van der Waals surface area (Å²) in [5.41, 5.74) is 0.895. The molecule has 1 aliphatic rings. The van der Waals surface area contributed by atoms with Crippen LogP contribution >= 0.6 is 0 Å². The summed E-state index contributed by atoms with van der Waals surface area (Å²) in [5.74, 6) is -0.380. The number of morpholine rings is 1. The Labute approximate surface area is 149 Å². The quantitative estimate of drug-likeness (QED) is 0.868. The summed E-state index contributed by atoms with van der Waals surface area (Å²) in [6, 6.07) is 8.20. The molecule has 1 saturated heterocycles. The first kappa shape index (κ1) is 17.6. The van der Waals surface area contributed by atoms with E-state index in [1.54, 1.807) is 35.2 Å². The first-order valence-corrected chi connectivity index (χ1v) is 8.02. The van der Waals surface area contributed by atoms with Gasteiger partial charge in [0.1, 0.15) is 6.07 Å². The van der Waals surface area contributed by atoms with Crippen molar-refractivity contribution in [2.24, 2.45) is 0 Å². The van der Waals surface area contributed by atoms with E-state index in [4.69, 9.17) is 4.74 Å². The van der Waals surface area contributed by atoms with Crippen molar-refractivity contribution in [2.75, 3.05) is 43.6 Å². The lowest BCUT2D eigenvalue weighted by Crippen LogP contribution is -2.37. The maximum Gasteiger partial charge on any atom is 0.318 e. The molecule has 3 rings (SSSR count). The van der Waals surface area contributed by atoms with E-state index in [1.807, 2.05) is 0 Å². The average Bonchev–Trinajstić information content (AvgIpc) is 2.69. The molecule has 2 heterocycles. The smallest absolute Gasteiger partial charge is 0.318 e. The maximum absolute atomic E-state index is 14.5. The molecule has 0 aliphatic carbocycles. The van der Waals surface area contributed by atoms with Crippen LogP contribution in [0, 0.1) is 17.1 Å². The van der Waals surface area contributed by atoms with Gasteiger partial charge in [0.15, 0.2) is 17.3 Å². The molecule has 26 heavy (non-hydrogen) atoms. The summed E-state index contributed by atoms with van der Waals surface area (Å²) in [6.07, 6.45) is 0. The second-order valence-corrected chi connectivity index (χ2v) is 5.53. The molecule has 9 heteroatoms. The molecule has 8 nitrogen and oxygen atoms in total. The molecule has 0 spiro atoms. The Balaban J connectivity index is 1.94. The van der Waals surface area contributed by atoms with Crippen molar-refractivity contribution in [2.45, 2.75) is 0 Å². The zero-order valence-corrected chi connectivity index (χ0v) is 14.1. The van der Waals surface area contributed by atoms with Crippen LogP contribution in [0.1, 0.15) is 5.69 Å². The monoisotopic (exact) mass is 356 g/mol. The predicted molar refractivity (Wildman–Crippen MR) is 93.3 cm³/mol. The Morgan fingerprint density at radius 1 is 1.27 bits per heavy atom. The van der Waals surface area contributed by atoms with E-state index in [0.29, 0.717) is 37.6 Å². The van der Waals surface area contributed by atoms with Gasteiger partial charge < -0.3 is 20.3 Å². The van der Waals surface area contributed by atoms with Gasteiger partial charge in [-0.15, -0.1) is 0 Å². The first-order chi connectivity index (χ1) is 12.6. The van der Waals surface area contributed by atoms with Crippen molar-refractivity contribution < 1.29 is 13.9 Å². The van der Waals surface area contributed by atoms with Crippen LogP contribution in [0.25, 0.3) is 11.4 Å². The third-order valence-corrected chi connectivity index (χ3v) is 3.88. The number of carbonyl (C=O) groups excluding carboxylic acids is 1. The molecule has 2 aromatic rings. The summed E-state index contributed by atoms with van der Waals surface area (Å²) in [5, 5.41) is 14.3. The van der Waals surface area contributed by atoms with Crippen LogP contribution < -0.4 is 15.5 Å². The Kier molecular flexibility index (Phi) is 5.24. The molecule has 1 aromatic carbocycles. The number of carbonyl (C=O) groups is 1. The summed E-state index contributed by atoms with van der Waals surface area (Å²) >= 11 is 0. The van der Waals surface area contributed by atoms with Gasteiger partial charge in [-0.25, -0.2) is 14.8 Å². The Hall–Kier alpha value is -3.25. The minimum atomic E-state index is -0.726. The van der Waals surface area contributed by atoms with E-state index in [0.717, 1.165) is 0 Å². The number of halogens is 1. The van der Waals surface area contributed by atoms with Crippen LogP contribution in [0.4, 0.5) is 20.7 Å². The SMILES string of the molecule is CNC(=O)Nc1ccc(-c2nc(C#N)c(F)c(N3CCOCC3)n2)cc1. The molecule has 0 saturated carbocycles. The van der Waals surface area contributed by atoms with Crippen LogP contribution in [0.15, 0.2) is 24.3 Å². The van der Waals surface area contributed by atoms with E-state index in [1.165, 1.54) is 7.05 Å². The number of hydrogen-bond donors (Lipinski definition) is 2. The van der Waals surface area contributed by atoms with Gasteiger partial charge in [0, 0.05) is 31.4 Å². The van der Waals surface area contributed by atoms with Gasteiger partial charge in [-0.1, -0.05) is 0 Å². The topological polar surface area (TPSA) is 103 Å². The highest BCUT2D eigenvalue weighted by atomic mass is 19.1. The molecular weight excluding hydrogens is 339 g/mol. The highest BCUT2D eigenvalue weighted by molar-refractivity contribution is 5.89. The second-order valence-electron chi connectivity index (χ2n) is 5.53. The summed E-state index contributed by atoms with van der Waals surface area (Å²) in [4.78, 5) is 21.4. The number of anilines is 2. The Morgan fingerprint density at radius 2 is 1.96 bits per heavy atom. The van der Waals surface area contributed by atoms with E-state index in [2.05, 4.69) is 20.6 Å². The minimum Gasteiger partial charge on any atom is -0.378 e. The fourth-order valence-corrected chi connectivity index (χ4v) is 2.52. The fraction of sp³-hybridized carbons (Fsp3) is 0.294. The van der Waals surface area contributed by atoms with Crippen molar-refractivity contribution in [3.8, 4) is 17.5 Å². The maximum atomic E-state index is 14.5. The van der Waals surface area contributed by atoms with Crippen molar-refractivity contribution in [1.82, 2.24) is 15.3 Å². The van der Waals surface area contributed by atoms with Gasteiger partial charge in [0.25, 0.3) is 0 Å². The average molecular weight is 356 g/mol. The highest BCUT2D eigenvalue weighted by Gasteiger charge is 2.22. The number of benzene rings is 1. The number of nitrogens with one attached hydrogen (secondary N) is 2. The zero-order chi connectivity index (χ0) is 18.5. The van der Waals surface area contributed by atoms with Gasteiger partial charge in [-0.05, 0) is 24.3 Å². The van der Waals surface area contributed by atoms with Crippen molar-refractivity contribution in [3.63, 3.8) is 0 Å². The molecule has 1 fully saturated rings. The zero-order valence-electron chi connectivity index (χ0n) is 14.1. The number of urea groups is 1.